The lowest BCUT2D eigenvalue weighted by atomic mass is 10.2. The number of benzene rings is 2. The number of rotatable bonds is 8. The average Bonchev–Trinajstić information content (AvgIpc) is 3.25. The van der Waals surface area contributed by atoms with Crippen molar-refractivity contribution < 1.29 is 9.47 Å². The third kappa shape index (κ3) is 5.71. The van der Waals surface area contributed by atoms with E-state index in [1.807, 2.05) is 55.5 Å². The summed E-state index contributed by atoms with van der Waals surface area (Å²) in [5, 5.41) is 13.8. The second kappa shape index (κ2) is 10.1. The van der Waals surface area contributed by atoms with E-state index in [4.69, 9.17) is 9.47 Å². The summed E-state index contributed by atoms with van der Waals surface area (Å²) in [5.41, 5.74) is 2.03. The molecule has 152 valence electrons. The van der Waals surface area contributed by atoms with Crippen LogP contribution in [0.3, 0.4) is 0 Å². The number of hydrogen-bond donors (Lipinski definition) is 3. The molecule has 29 heavy (non-hydrogen) atoms. The van der Waals surface area contributed by atoms with Crippen LogP contribution in [0.25, 0.3) is 11.4 Å². The highest BCUT2D eigenvalue weighted by atomic mass is 16.5. The maximum absolute atomic E-state index is 5.18. The minimum absolute atomic E-state index is 0.484. The first-order valence-corrected chi connectivity index (χ1v) is 9.42. The van der Waals surface area contributed by atoms with Crippen LogP contribution in [0.5, 0.6) is 11.5 Å². The number of aromatic amines is 1. The second-order valence-corrected chi connectivity index (χ2v) is 6.23. The maximum atomic E-state index is 5.18. The fourth-order valence-electron chi connectivity index (χ4n) is 2.65. The molecule has 3 rings (SSSR count). The molecule has 0 amide bonds. The zero-order chi connectivity index (χ0) is 20.5. The molecule has 1 aromatic heterocycles. The van der Waals surface area contributed by atoms with Gasteiger partial charge in [-0.3, -0.25) is 5.10 Å². The molecule has 3 aromatic rings. The molecule has 0 bridgehead atoms. The van der Waals surface area contributed by atoms with Gasteiger partial charge in [-0.05, 0) is 48.9 Å². The van der Waals surface area contributed by atoms with Crippen LogP contribution < -0.4 is 20.1 Å². The number of ether oxygens (including phenoxy) is 2. The van der Waals surface area contributed by atoms with Crippen LogP contribution in [0.4, 0.5) is 0 Å². The molecule has 2 aromatic carbocycles. The molecule has 8 heteroatoms. The summed E-state index contributed by atoms with van der Waals surface area (Å²) in [7, 11) is 3.30. The van der Waals surface area contributed by atoms with Gasteiger partial charge in [0, 0.05) is 12.1 Å². The lowest BCUT2D eigenvalue weighted by Gasteiger charge is -2.10. The van der Waals surface area contributed by atoms with Crippen molar-refractivity contribution in [3.8, 4) is 22.9 Å². The number of H-pyrrole nitrogens is 1. The van der Waals surface area contributed by atoms with Crippen molar-refractivity contribution in [2.75, 3.05) is 20.8 Å². The number of aromatic nitrogens is 3. The van der Waals surface area contributed by atoms with E-state index in [2.05, 4.69) is 30.8 Å². The Balaban J connectivity index is 1.60. The van der Waals surface area contributed by atoms with Crippen LogP contribution in [-0.2, 0) is 13.1 Å². The van der Waals surface area contributed by atoms with E-state index in [0.29, 0.717) is 24.9 Å². The number of nitrogens with zero attached hydrogens (tertiary/aromatic N) is 3. The number of methoxy groups -OCH3 is 2. The van der Waals surface area contributed by atoms with Gasteiger partial charge in [-0.1, -0.05) is 12.1 Å². The standard InChI is InChI=1S/C21H26N6O2/c1-4-22-21(23-13-15-5-9-17(28-2)10-6-15)24-14-19-25-20(27-26-19)16-7-11-18(29-3)12-8-16/h5-12H,4,13-14H2,1-3H3,(H2,22,23,24)(H,25,26,27). The van der Waals surface area contributed by atoms with Gasteiger partial charge in [-0.2, -0.15) is 5.10 Å². The number of hydrogen-bond acceptors (Lipinski definition) is 5. The zero-order valence-electron chi connectivity index (χ0n) is 16.9. The summed E-state index contributed by atoms with van der Waals surface area (Å²) in [6.45, 7) is 3.84. The molecule has 0 aliphatic carbocycles. The van der Waals surface area contributed by atoms with Crippen molar-refractivity contribution in [1.82, 2.24) is 25.8 Å². The minimum atomic E-state index is 0.484. The van der Waals surface area contributed by atoms with Gasteiger partial charge in [0.1, 0.15) is 17.3 Å². The largest absolute Gasteiger partial charge is 0.497 e. The molecule has 0 spiro atoms. The van der Waals surface area contributed by atoms with Gasteiger partial charge in [0.15, 0.2) is 11.8 Å². The van der Waals surface area contributed by atoms with Gasteiger partial charge in [-0.15, -0.1) is 0 Å². The lowest BCUT2D eigenvalue weighted by molar-refractivity contribution is 0.414. The third-order valence-electron chi connectivity index (χ3n) is 4.23. The molecule has 0 saturated heterocycles. The van der Waals surface area contributed by atoms with Crippen LogP contribution in [0, 0.1) is 0 Å². The SMILES string of the molecule is CCNC(=NCc1ccc(OC)cc1)NCc1nc(-c2ccc(OC)cc2)n[nH]1. The van der Waals surface area contributed by atoms with Crippen LogP contribution >= 0.6 is 0 Å². The molecule has 0 radical (unpaired) electrons. The lowest BCUT2D eigenvalue weighted by Crippen LogP contribution is -2.37. The predicted molar refractivity (Wildman–Crippen MR) is 113 cm³/mol. The Hall–Kier alpha value is -3.55. The van der Waals surface area contributed by atoms with Crippen molar-refractivity contribution >= 4 is 5.96 Å². The quantitative estimate of drug-likeness (QED) is 0.402. The van der Waals surface area contributed by atoms with Crippen molar-refractivity contribution in [1.29, 1.82) is 0 Å². The minimum Gasteiger partial charge on any atom is -0.497 e. The van der Waals surface area contributed by atoms with E-state index in [0.717, 1.165) is 35.0 Å². The highest BCUT2D eigenvalue weighted by Crippen LogP contribution is 2.18. The van der Waals surface area contributed by atoms with Crippen LogP contribution in [-0.4, -0.2) is 41.9 Å². The van der Waals surface area contributed by atoms with Crippen LogP contribution in [0.2, 0.25) is 0 Å². The molecule has 0 unspecified atom stereocenters. The van der Waals surface area contributed by atoms with E-state index in [1.165, 1.54) is 0 Å². The topological polar surface area (TPSA) is 96.5 Å². The van der Waals surface area contributed by atoms with E-state index in [9.17, 15) is 0 Å². The summed E-state index contributed by atoms with van der Waals surface area (Å²) in [6, 6.07) is 15.5. The number of nitrogens with one attached hydrogen (secondary N) is 3. The molecule has 3 N–H and O–H groups in total. The zero-order valence-corrected chi connectivity index (χ0v) is 16.9. The summed E-state index contributed by atoms with van der Waals surface area (Å²) in [5.74, 6) is 3.72. The highest BCUT2D eigenvalue weighted by molar-refractivity contribution is 5.79. The molecular weight excluding hydrogens is 368 g/mol. The van der Waals surface area contributed by atoms with E-state index < -0.39 is 0 Å². The summed E-state index contributed by atoms with van der Waals surface area (Å²) in [4.78, 5) is 9.15. The Morgan fingerprint density at radius 2 is 1.62 bits per heavy atom. The van der Waals surface area contributed by atoms with E-state index in [-0.39, 0.29) is 0 Å². The Kier molecular flexibility index (Phi) is 7.05. The average molecular weight is 394 g/mol. The van der Waals surface area contributed by atoms with Gasteiger partial charge in [0.05, 0.1) is 27.3 Å². The maximum Gasteiger partial charge on any atom is 0.191 e. The smallest absolute Gasteiger partial charge is 0.191 e. The summed E-state index contributed by atoms with van der Waals surface area (Å²) in [6.07, 6.45) is 0. The van der Waals surface area contributed by atoms with Gasteiger partial charge < -0.3 is 20.1 Å². The first kappa shape index (κ1) is 20.2. The Morgan fingerprint density at radius 3 is 2.24 bits per heavy atom. The predicted octanol–water partition coefficient (Wildman–Crippen LogP) is 2.74. The molecule has 0 aliphatic heterocycles. The molecule has 0 atom stereocenters. The van der Waals surface area contributed by atoms with Crippen molar-refractivity contribution in [3.63, 3.8) is 0 Å². The monoisotopic (exact) mass is 394 g/mol. The first-order valence-electron chi connectivity index (χ1n) is 9.42. The van der Waals surface area contributed by atoms with Gasteiger partial charge in [0.2, 0.25) is 0 Å². The van der Waals surface area contributed by atoms with Crippen LogP contribution in [0.15, 0.2) is 53.5 Å². The number of guanidine groups is 1. The molecule has 8 nitrogen and oxygen atoms in total. The number of aliphatic imine (C=N–C) groups is 1. The van der Waals surface area contributed by atoms with Crippen molar-refractivity contribution in [2.45, 2.75) is 20.0 Å². The molecule has 0 fully saturated rings. The summed E-state index contributed by atoms with van der Waals surface area (Å²) < 4.78 is 10.4. The third-order valence-corrected chi connectivity index (χ3v) is 4.23. The molecule has 0 aliphatic rings. The molecule has 1 heterocycles. The van der Waals surface area contributed by atoms with Crippen molar-refractivity contribution in [2.24, 2.45) is 4.99 Å². The van der Waals surface area contributed by atoms with Gasteiger partial charge >= 0.3 is 0 Å². The first-order chi connectivity index (χ1) is 14.2. The highest BCUT2D eigenvalue weighted by Gasteiger charge is 2.07. The Bertz CT molecular complexity index is 919. The van der Waals surface area contributed by atoms with Crippen molar-refractivity contribution in [3.05, 3.63) is 59.9 Å². The van der Waals surface area contributed by atoms with Gasteiger partial charge in [0.25, 0.3) is 0 Å². The Labute approximate surface area is 170 Å². The molecular formula is C21H26N6O2. The molecule has 0 saturated carbocycles. The van der Waals surface area contributed by atoms with Gasteiger partial charge in [-0.25, -0.2) is 9.98 Å². The van der Waals surface area contributed by atoms with E-state index >= 15 is 0 Å². The fraction of sp³-hybridized carbons (Fsp3) is 0.286. The fourth-order valence-corrected chi connectivity index (χ4v) is 2.65. The Morgan fingerprint density at radius 1 is 0.966 bits per heavy atom. The second-order valence-electron chi connectivity index (χ2n) is 6.23. The van der Waals surface area contributed by atoms with Crippen LogP contribution in [0.1, 0.15) is 18.3 Å². The summed E-state index contributed by atoms with van der Waals surface area (Å²) >= 11 is 0. The van der Waals surface area contributed by atoms with E-state index in [1.54, 1.807) is 14.2 Å². The normalized spacial score (nSPS) is 11.2.